The number of nitrogens with zero attached hydrogens (tertiary/aromatic N) is 2. The lowest BCUT2D eigenvalue weighted by molar-refractivity contribution is 0.150. The van der Waals surface area contributed by atoms with E-state index in [4.69, 9.17) is 9.52 Å². The summed E-state index contributed by atoms with van der Waals surface area (Å²) in [6.07, 6.45) is 4.63. The molecule has 1 aliphatic heterocycles. The first kappa shape index (κ1) is 30.2. The molecule has 6 rings (SSSR count). The molecule has 1 aliphatic carbocycles. The largest absolute Gasteiger partial charge is 0.404 e. The highest BCUT2D eigenvalue weighted by Crippen LogP contribution is 2.37. The van der Waals surface area contributed by atoms with Crippen LogP contribution in [0.5, 0.6) is 0 Å². The zero-order chi connectivity index (χ0) is 30.2. The van der Waals surface area contributed by atoms with Crippen molar-refractivity contribution in [3.05, 3.63) is 101 Å². The summed E-state index contributed by atoms with van der Waals surface area (Å²) in [6.45, 7) is 13.5. The lowest BCUT2D eigenvalue weighted by Crippen LogP contribution is -2.47. The van der Waals surface area contributed by atoms with Crippen molar-refractivity contribution in [2.45, 2.75) is 102 Å². The van der Waals surface area contributed by atoms with E-state index in [2.05, 4.69) is 130 Å². The number of hydrogen-bond acceptors (Lipinski definition) is 4. The van der Waals surface area contributed by atoms with Gasteiger partial charge in [-0.2, -0.15) is 16.9 Å². The standard InChI is InChI=1S/C37H46N3OSSi/c1-36(2,3)29-15-20-33(21-16-29)43(32-10-8-7-9-11-32)41-31-18-13-26(14-19-31)34-23-35(40(39-34)37(4,5)6)38-30-17-12-27-24-42-25-28(27)22-30/h7-12,15-17,20-23,26,31,38H,13-14,18-19,24-25H2,1-6H3. The van der Waals surface area contributed by atoms with Crippen LogP contribution in [0, 0.1) is 0 Å². The smallest absolute Gasteiger partial charge is 0.283 e. The van der Waals surface area contributed by atoms with Gasteiger partial charge >= 0.3 is 0 Å². The van der Waals surface area contributed by atoms with Crippen LogP contribution >= 0.6 is 11.8 Å². The summed E-state index contributed by atoms with van der Waals surface area (Å²) in [7, 11) is -1.33. The van der Waals surface area contributed by atoms with Gasteiger partial charge in [-0.25, -0.2) is 4.68 Å². The van der Waals surface area contributed by atoms with Crippen LogP contribution in [0.2, 0.25) is 0 Å². The number of hydrogen-bond donors (Lipinski definition) is 1. The zero-order valence-electron chi connectivity index (χ0n) is 26.6. The van der Waals surface area contributed by atoms with E-state index in [0.29, 0.717) is 5.92 Å². The van der Waals surface area contributed by atoms with Crippen molar-refractivity contribution in [1.82, 2.24) is 9.78 Å². The van der Waals surface area contributed by atoms with Gasteiger partial charge in [0, 0.05) is 35.3 Å². The minimum Gasteiger partial charge on any atom is -0.404 e. The molecule has 0 bridgehead atoms. The fourth-order valence-electron chi connectivity index (χ4n) is 6.25. The third-order valence-electron chi connectivity index (χ3n) is 8.78. The predicted octanol–water partition coefficient (Wildman–Crippen LogP) is 8.27. The van der Waals surface area contributed by atoms with Crippen LogP contribution in [-0.2, 0) is 26.9 Å². The average Bonchev–Trinajstić information content (AvgIpc) is 3.63. The maximum absolute atomic E-state index is 7.03. The van der Waals surface area contributed by atoms with E-state index in [1.807, 2.05) is 11.8 Å². The molecule has 1 N–H and O–H groups in total. The normalized spacial score (nSPS) is 19.0. The second kappa shape index (κ2) is 12.3. The summed E-state index contributed by atoms with van der Waals surface area (Å²) in [5.41, 5.74) is 6.69. The summed E-state index contributed by atoms with van der Waals surface area (Å²) >= 11 is 2.00. The minimum atomic E-state index is -1.33. The van der Waals surface area contributed by atoms with Crippen molar-refractivity contribution in [3.8, 4) is 0 Å². The maximum Gasteiger partial charge on any atom is 0.283 e. The third-order valence-corrected chi connectivity index (χ3v) is 12.1. The van der Waals surface area contributed by atoms with Crippen LogP contribution < -0.4 is 15.7 Å². The molecule has 0 unspecified atom stereocenters. The van der Waals surface area contributed by atoms with Crippen LogP contribution in [0.15, 0.2) is 78.9 Å². The highest BCUT2D eigenvalue weighted by molar-refractivity contribution is 7.98. The number of anilines is 2. The van der Waals surface area contributed by atoms with Crippen LogP contribution in [0.25, 0.3) is 0 Å². The number of aromatic nitrogens is 2. The molecule has 4 aromatic rings. The van der Waals surface area contributed by atoms with Crippen molar-refractivity contribution < 1.29 is 4.43 Å². The Labute approximate surface area is 264 Å². The van der Waals surface area contributed by atoms with Crippen LogP contribution in [-0.4, -0.2) is 24.9 Å². The molecule has 4 nitrogen and oxygen atoms in total. The van der Waals surface area contributed by atoms with Gasteiger partial charge < -0.3 is 9.74 Å². The van der Waals surface area contributed by atoms with Gasteiger partial charge in [0.2, 0.25) is 0 Å². The van der Waals surface area contributed by atoms with Crippen molar-refractivity contribution in [1.29, 1.82) is 0 Å². The van der Waals surface area contributed by atoms with E-state index in [-0.39, 0.29) is 17.1 Å². The third kappa shape index (κ3) is 6.97. The van der Waals surface area contributed by atoms with Gasteiger partial charge in [0.05, 0.1) is 11.2 Å². The van der Waals surface area contributed by atoms with Crippen molar-refractivity contribution in [2.75, 3.05) is 5.32 Å². The lowest BCUT2D eigenvalue weighted by atomic mass is 9.85. The summed E-state index contributed by atoms with van der Waals surface area (Å²) in [4.78, 5) is 0. The van der Waals surface area contributed by atoms with Gasteiger partial charge in [0.25, 0.3) is 9.04 Å². The molecule has 1 aromatic heterocycles. The van der Waals surface area contributed by atoms with Gasteiger partial charge in [-0.3, -0.25) is 0 Å². The van der Waals surface area contributed by atoms with E-state index >= 15 is 0 Å². The van der Waals surface area contributed by atoms with E-state index in [1.54, 1.807) is 0 Å². The summed E-state index contributed by atoms with van der Waals surface area (Å²) < 4.78 is 9.22. The molecular formula is C37H46N3OSSi. The van der Waals surface area contributed by atoms with Crippen molar-refractivity contribution in [2.24, 2.45) is 0 Å². The molecule has 2 heterocycles. The summed E-state index contributed by atoms with van der Waals surface area (Å²) in [5.74, 6) is 3.78. The first-order chi connectivity index (χ1) is 20.5. The van der Waals surface area contributed by atoms with Gasteiger partial charge in [-0.15, -0.1) is 0 Å². The van der Waals surface area contributed by atoms with E-state index < -0.39 is 9.04 Å². The Kier molecular flexibility index (Phi) is 8.65. The van der Waals surface area contributed by atoms with Crippen LogP contribution in [0.1, 0.15) is 95.5 Å². The van der Waals surface area contributed by atoms with E-state index in [9.17, 15) is 0 Å². The monoisotopic (exact) mass is 608 g/mol. The van der Waals surface area contributed by atoms with Gasteiger partial charge in [0.1, 0.15) is 5.82 Å². The van der Waals surface area contributed by atoms with Crippen LogP contribution in [0.4, 0.5) is 11.5 Å². The molecule has 225 valence electrons. The molecule has 2 aliphatic rings. The fraction of sp³-hybridized carbons (Fsp3) is 0.432. The predicted molar refractivity (Wildman–Crippen MR) is 185 cm³/mol. The molecule has 6 heteroatoms. The SMILES string of the molecule is CC(C)(C)c1ccc([Si](OC2CCC(c3cc(Nc4ccc5c(c4)CSC5)n(C(C)(C)C)n3)CC2)c2ccccc2)cc1. The first-order valence-electron chi connectivity index (χ1n) is 15.8. The summed E-state index contributed by atoms with van der Waals surface area (Å²) in [6, 6.07) is 29.2. The van der Waals surface area contributed by atoms with E-state index in [0.717, 1.165) is 48.7 Å². The number of fused-ring (bicyclic) bond motifs is 1. The summed E-state index contributed by atoms with van der Waals surface area (Å²) in [5, 5.41) is 11.6. The average molecular weight is 609 g/mol. The van der Waals surface area contributed by atoms with Crippen molar-refractivity contribution in [3.63, 3.8) is 0 Å². The number of nitrogens with one attached hydrogen (secondary N) is 1. The Bertz CT molecular complexity index is 1530. The molecule has 0 amide bonds. The zero-order valence-corrected chi connectivity index (χ0v) is 28.4. The maximum atomic E-state index is 7.03. The highest BCUT2D eigenvalue weighted by Gasteiger charge is 2.31. The first-order valence-corrected chi connectivity index (χ1v) is 18.4. The van der Waals surface area contributed by atoms with E-state index in [1.165, 1.54) is 32.8 Å². The Morgan fingerprint density at radius 3 is 2.14 bits per heavy atom. The Balaban J connectivity index is 1.16. The molecule has 3 aromatic carbocycles. The second-order valence-corrected chi connectivity index (χ2v) is 17.3. The Morgan fingerprint density at radius 2 is 1.47 bits per heavy atom. The molecule has 0 spiro atoms. The van der Waals surface area contributed by atoms with Crippen LogP contribution in [0.3, 0.4) is 0 Å². The molecule has 1 fully saturated rings. The number of benzene rings is 3. The molecule has 1 saturated carbocycles. The molecular weight excluding hydrogens is 563 g/mol. The van der Waals surface area contributed by atoms with Crippen molar-refractivity contribution >= 4 is 42.7 Å². The van der Waals surface area contributed by atoms with Gasteiger partial charge in [-0.1, -0.05) is 81.4 Å². The minimum absolute atomic E-state index is 0.108. The topological polar surface area (TPSA) is 39.1 Å². The van der Waals surface area contributed by atoms with Gasteiger partial charge in [-0.05, 0) is 91.1 Å². The Hall–Kier alpha value is -2.80. The lowest BCUT2D eigenvalue weighted by Gasteiger charge is -2.31. The Morgan fingerprint density at radius 1 is 0.791 bits per heavy atom. The highest BCUT2D eigenvalue weighted by atomic mass is 32.2. The number of rotatable bonds is 7. The quantitative estimate of drug-likeness (QED) is 0.214. The molecule has 43 heavy (non-hydrogen) atoms. The number of thioether (sulfide) groups is 1. The molecule has 1 radical (unpaired) electrons. The fourth-order valence-corrected chi connectivity index (χ4v) is 9.49. The second-order valence-electron chi connectivity index (χ2n) is 14.3. The molecule has 0 atom stereocenters. The van der Waals surface area contributed by atoms with Gasteiger partial charge in [0.15, 0.2) is 0 Å². The molecule has 0 saturated heterocycles.